The van der Waals surface area contributed by atoms with Crippen LogP contribution < -0.4 is 0 Å². The Balaban J connectivity index is 1.59. The van der Waals surface area contributed by atoms with Gasteiger partial charge in [-0.15, -0.1) is 0 Å². The van der Waals surface area contributed by atoms with Crippen molar-refractivity contribution in [3.63, 3.8) is 0 Å². The lowest BCUT2D eigenvalue weighted by molar-refractivity contribution is -0.238. The molecule has 13 atom stereocenters. The third-order valence-corrected chi connectivity index (χ3v) is 13.6. The first-order valence-corrected chi connectivity index (χ1v) is 19.3. The summed E-state index contributed by atoms with van der Waals surface area (Å²) in [5, 5.41) is 132. The third kappa shape index (κ3) is 8.30. The van der Waals surface area contributed by atoms with Crippen molar-refractivity contribution in [3.8, 4) is 0 Å². The SMILES string of the molecule is C=C1C[C@@]23CCC4[C@](C)(C(=O)OC(O)/C(O)=C\C(O)CCO)CCC[C@@]4(C)[C@@H]2CC[C@]1(OC(O)C(O)=C(OC(O)C(O)=C(O)C(O)CCO)C(O)CCO)[C@@H]3C. The number of aliphatic hydroxyl groups is 13. The molecule has 0 heterocycles. The van der Waals surface area contributed by atoms with Gasteiger partial charge in [0.15, 0.2) is 23.0 Å². The highest BCUT2D eigenvalue weighted by molar-refractivity contribution is 5.77. The lowest BCUT2D eigenvalue weighted by Gasteiger charge is -2.65. The van der Waals surface area contributed by atoms with Gasteiger partial charge >= 0.3 is 5.97 Å². The van der Waals surface area contributed by atoms with Crippen LogP contribution in [0, 0.1) is 34.0 Å². The molecule has 56 heavy (non-hydrogen) atoms. The molecule has 0 saturated heterocycles. The molecule has 0 aromatic rings. The van der Waals surface area contributed by atoms with Crippen molar-refractivity contribution in [2.24, 2.45) is 34.0 Å². The predicted octanol–water partition coefficient (Wildman–Crippen LogP) is 1.62. The smallest absolute Gasteiger partial charge is 0.314 e. The van der Waals surface area contributed by atoms with E-state index in [0.29, 0.717) is 50.5 Å². The van der Waals surface area contributed by atoms with Crippen LogP contribution in [0.1, 0.15) is 91.4 Å². The average Bonchev–Trinajstić information content (AvgIpc) is 3.23. The fraction of sp³-hybridized carbons (Fsp3) is 0.769. The number of ether oxygens (including phenoxy) is 3. The molecule has 0 aliphatic heterocycles. The maximum Gasteiger partial charge on any atom is 0.314 e. The number of hydrogen-bond donors (Lipinski definition) is 13. The van der Waals surface area contributed by atoms with Crippen molar-refractivity contribution < 1.29 is 85.4 Å². The van der Waals surface area contributed by atoms with E-state index in [2.05, 4.69) is 13.5 Å². The molecule has 7 unspecified atom stereocenters. The molecule has 13 N–H and O–H groups in total. The topological polar surface area (TPSA) is 308 Å². The summed E-state index contributed by atoms with van der Waals surface area (Å²) in [5.41, 5.74) is -2.34. The zero-order valence-electron chi connectivity index (χ0n) is 32.3. The van der Waals surface area contributed by atoms with E-state index in [9.17, 15) is 61.0 Å². The minimum atomic E-state index is -2.47. The number of fused-ring (bicyclic) bond motifs is 3. The Morgan fingerprint density at radius 3 is 2.00 bits per heavy atom. The number of rotatable bonds is 18. The first kappa shape index (κ1) is 45.7. The summed E-state index contributed by atoms with van der Waals surface area (Å²) in [7, 11) is 0. The number of carbonyl (C=O) groups excluding carboxylic acids is 1. The lowest BCUT2D eigenvalue weighted by Crippen LogP contribution is -2.62. The Kier molecular flexibility index (Phi) is 14.6. The quantitative estimate of drug-likeness (QED) is 0.0405. The highest BCUT2D eigenvalue weighted by Crippen LogP contribution is 2.75. The zero-order valence-corrected chi connectivity index (χ0v) is 32.3. The van der Waals surface area contributed by atoms with Gasteiger partial charge in [0.1, 0.15) is 12.2 Å². The van der Waals surface area contributed by atoms with Crippen molar-refractivity contribution in [1.82, 2.24) is 0 Å². The predicted molar refractivity (Wildman–Crippen MR) is 196 cm³/mol. The molecular formula is C39H62O17. The highest BCUT2D eigenvalue weighted by Gasteiger charge is 2.71. The van der Waals surface area contributed by atoms with Crippen LogP contribution in [-0.4, -0.2) is 135 Å². The maximum absolute atomic E-state index is 13.8. The molecule has 1 spiro atoms. The first-order chi connectivity index (χ1) is 26.2. The molecule has 17 nitrogen and oxygen atoms in total. The molecule has 4 saturated carbocycles. The summed E-state index contributed by atoms with van der Waals surface area (Å²) in [6, 6.07) is 0. The van der Waals surface area contributed by atoms with Gasteiger partial charge in [-0.05, 0) is 92.1 Å². The van der Waals surface area contributed by atoms with E-state index >= 15 is 0 Å². The molecule has 4 rings (SSSR count). The van der Waals surface area contributed by atoms with Gasteiger partial charge in [-0.3, -0.25) is 4.79 Å². The maximum atomic E-state index is 13.8. The van der Waals surface area contributed by atoms with Gasteiger partial charge in [-0.2, -0.15) is 0 Å². The van der Waals surface area contributed by atoms with Crippen LogP contribution in [0.3, 0.4) is 0 Å². The van der Waals surface area contributed by atoms with Gasteiger partial charge in [0.2, 0.25) is 12.0 Å². The zero-order chi connectivity index (χ0) is 42.0. The largest absolute Gasteiger partial charge is 0.506 e. The van der Waals surface area contributed by atoms with E-state index in [4.69, 9.17) is 24.4 Å². The monoisotopic (exact) mass is 802 g/mol. The molecule has 0 aromatic heterocycles. The molecular weight excluding hydrogens is 740 g/mol. The molecule has 320 valence electrons. The molecule has 0 aromatic carbocycles. The van der Waals surface area contributed by atoms with Crippen molar-refractivity contribution in [2.45, 2.75) is 134 Å². The second-order valence-corrected chi connectivity index (χ2v) is 16.5. The van der Waals surface area contributed by atoms with E-state index in [0.717, 1.165) is 12.5 Å². The van der Waals surface area contributed by atoms with Crippen molar-refractivity contribution >= 4 is 5.97 Å². The van der Waals surface area contributed by atoms with Crippen LogP contribution in [-0.2, 0) is 19.0 Å². The van der Waals surface area contributed by atoms with E-state index in [1.165, 1.54) is 0 Å². The number of carbonyl (C=O) groups is 1. The van der Waals surface area contributed by atoms with Crippen molar-refractivity contribution in [2.75, 3.05) is 19.8 Å². The highest BCUT2D eigenvalue weighted by atomic mass is 16.7. The van der Waals surface area contributed by atoms with Gasteiger partial charge in [0, 0.05) is 39.1 Å². The second-order valence-electron chi connectivity index (χ2n) is 16.5. The Morgan fingerprint density at radius 2 is 1.38 bits per heavy atom. The van der Waals surface area contributed by atoms with E-state index in [1.54, 1.807) is 0 Å². The van der Waals surface area contributed by atoms with Crippen LogP contribution in [0.4, 0.5) is 0 Å². The fourth-order valence-electron chi connectivity index (χ4n) is 10.7. The summed E-state index contributed by atoms with van der Waals surface area (Å²) in [5.74, 6) is -6.25. The second kappa shape index (κ2) is 17.9. The van der Waals surface area contributed by atoms with Crippen molar-refractivity contribution in [1.29, 1.82) is 0 Å². The van der Waals surface area contributed by atoms with Gasteiger partial charge in [0.25, 0.3) is 12.6 Å². The van der Waals surface area contributed by atoms with Crippen LogP contribution >= 0.6 is 0 Å². The molecule has 0 radical (unpaired) electrons. The van der Waals surface area contributed by atoms with Crippen LogP contribution in [0.25, 0.3) is 0 Å². The summed E-state index contributed by atoms with van der Waals surface area (Å²) >= 11 is 0. The first-order valence-electron chi connectivity index (χ1n) is 19.3. The summed E-state index contributed by atoms with van der Waals surface area (Å²) in [6.45, 7) is 8.78. The molecule has 2 bridgehead atoms. The minimum Gasteiger partial charge on any atom is -0.506 e. The molecule has 17 heteroatoms. The minimum absolute atomic E-state index is 0.0457. The Bertz CT molecular complexity index is 1510. The van der Waals surface area contributed by atoms with Crippen molar-refractivity contribution in [3.05, 3.63) is 47.0 Å². The standard InChI is InChI=1S/C39H62O17/c1-20-19-38-13-6-26-36(3,11-5-12-37(26,4)35(53)55-32(50)25(46)18-22(43)8-15-40)27(38)7-14-39(20,21(38)2)56-34(52)30(49)31(24(45)10-17-42)54-33(51)29(48)28(47)23(44)9-16-41/h18,21-24,26-27,32-34,40-52H,1,5-17,19H2,2-4H3/b25-18+,29-28?,31-30?/t21-,22?,23?,24?,26?,27+,32?,33?,34?,36-,37-,38-,39-/m1/s1. The number of hydrogen-bond acceptors (Lipinski definition) is 17. The lowest BCUT2D eigenvalue weighted by atomic mass is 9.39. The number of aliphatic hydroxyl groups excluding tert-OH is 13. The van der Waals surface area contributed by atoms with Crippen LogP contribution in [0.5, 0.6) is 0 Å². The third-order valence-electron chi connectivity index (χ3n) is 13.6. The summed E-state index contributed by atoms with van der Waals surface area (Å²) < 4.78 is 16.8. The van der Waals surface area contributed by atoms with Gasteiger partial charge in [0.05, 0.1) is 17.1 Å². The average molecular weight is 803 g/mol. The normalized spacial score (nSPS) is 35.8. The Morgan fingerprint density at radius 1 is 0.768 bits per heavy atom. The molecule has 0 amide bonds. The molecule has 4 fully saturated rings. The summed E-state index contributed by atoms with van der Waals surface area (Å²) in [4.78, 5) is 13.8. The Labute approximate surface area is 326 Å². The van der Waals surface area contributed by atoms with E-state index in [1.807, 2.05) is 13.8 Å². The van der Waals surface area contributed by atoms with Gasteiger partial charge in [-0.1, -0.05) is 26.8 Å². The summed E-state index contributed by atoms with van der Waals surface area (Å²) in [6.07, 6.45) is -6.89. The van der Waals surface area contributed by atoms with E-state index in [-0.39, 0.29) is 30.8 Å². The van der Waals surface area contributed by atoms with Gasteiger partial charge in [-0.25, -0.2) is 0 Å². The van der Waals surface area contributed by atoms with E-state index < -0.39 is 120 Å². The molecule has 4 aliphatic rings. The fourth-order valence-corrected chi connectivity index (χ4v) is 10.7. The van der Waals surface area contributed by atoms with Gasteiger partial charge < -0.3 is 80.6 Å². The Hall–Kier alpha value is -2.97. The molecule has 4 aliphatic carbocycles. The van der Waals surface area contributed by atoms with Crippen LogP contribution in [0.2, 0.25) is 0 Å². The van der Waals surface area contributed by atoms with Crippen LogP contribution in [0.15, 0.2) is 47.0 Å². The number of esters is 1.